The van der Waals surface area contributed by atoms with E-state index in [2.05, 4.69) is 10.3 Å². The average Bonchev–Trinajstić information content (AvgIpc) is 2.28. The van der Waals surface area contributed by atoms with Crippen LogP contribution in [0.1, 0.15) is 12.0 Å². The summed E-state index contributed by atoms with van der Waals surface area (Å²) in [6.45, 7) is 0. The molecule has 0 saturated carbocycles. The molecule has 0 fully saturated rings. The predicted octanol–water partition coefficient (Wildman–Crippen LogP) is -0.931. The highest BCUT2D eigenvalue weighted by Crippen LogP contribution is 1.99. The highest BCUT2D eigenvalue weighted by atomic mass is 16.4. The number of nitrogens with two attached hydrogens (primary N) is 1. The summed E-state index contributed by atoms with van der Waals surface area (Å²) in [5, 5.41) is 11.0. The Bertz CT molecular complexity index is 447. The highest BCUT2D eigenvalue weighted by molar-refractivity contribution is 5.88. The van der Waals surface area contributed by atoms with E-state index in [0.29, 0.717) is 5.56 Å². The van der Waals surface area contributed by atoms with Crippen molar-refractivity contribution in [1.29, 1.82) is 0 Å². The number of pyridine rings is 1. The van der Waals surface area contributed by atoms with Crippen molar-refractivity contribution in [2.24, 2.45) is 5.73 Å². The number of amides is 2. The van der Waals surface area contributed by atoms with Gasteiger partial charge in [-0.25, -0.2) is 4.79 Å². The third-order valence-corrected chi connectivity index (χ3v) is 2.15. The standard InChI is InChI=1S/C11H13N3O4/c12-9(15)6-8(11(17)18)14-10(16)5-7-1-3-13-4-2-7/h1-4,8H,5-6H2,(H2,12,15)(H,14,16)(H,17,18)/t8-/m1/s1. The van der Waals surface area contributed by atoms with Gasteiger partial charge in [-0.2, -0.15) is 0 Å². The highest BCUT2D eigenvalue weighted by Gasteiger charge is 2.21. The number of hydrogen-bond acceptors (Lipinski definition) is 4. The smallest absolute Gasteiger partial charge is 0.326 e. The van der Waals surface area contributed by atoms with Crippen LogP contribution in [0.4, 0.5) is 0 Å². The molecule has 1 atom stereocenters. The summed E-state index contributed by atoms with van der Waals surface area (Å²) < 4.78 is 0. The molecule has 7 nitrogen and oxygen atoms in total. The molecule has 0 unspecified atom stereocenters. The molecule has 96 valence electrons. The van der Waals surface area contributed by atoms with E-state index in [1.54, 1.807) is 12.1 Å². The zero-order chi connectivity index (χ0) is 13.5. The Morgan fingerprint density at radius 1 is 1.33 bits per heavy atom. The number of carboxylic acid groups (broad SMARTS) is 1. The molecule has 0 bridgehead atoms. The first kappa shape index (κ1) is 13.6. The van der Waals surface area contributed by atoms with Crippen molar-refractivity contribution in [3.05, 3.63) is 30.1 Å². The fourth-order valence-electron chi connectivity index (χ4n) is 1.33. The number of nitrogens with one attached hydrogen (secondary N) is 1. The molecule has 0 aromatic carbocycles. The maximum Gasteiger partial charge on any atom is 0.326 e. The first-order chi connectivity index (χ1) is 8.49. The molecule has 1 aromatic heterocycles. The van der Waals surface area contributed by atoms with Crippen molar-refractivity contribution in [3.63, 3.8) is 0 Å². The topological polar surface area (TPSA) is 122 Å². The van der Waals surface area contributed by atoms with Gasteiger partial charge in [0.1, 0.15) is 6.04 Å². The summed E-state index contributed by atoms with van der Waals surface area (Å²) >= 11 is 0. The fraction of sp³-hybridized carbons (Fsp3) is 0.273. The lowest BCUT2D eigenvalue weighted by Crippen LogP contribution is -2.43. The minimum absolute atomic E-state index is 0.0189. The van der Waals surface area contributed by atoms with E-state index < -0.39 is 30.2 Å². The summed E-state index contributed by atoms with van der Waals surface area (Å²) in [6.07, 6.45) is 2.64. The van der Waals surface area contributed by atoms with Gasteiger partial charge in [-0.05, 0) is 17.7 Å². The van der Waals surface area contributed by atoms with Crippen LogP contribution < -0.4 is 11.1 Å². The van der Waals surface area contributed by atoms with Crippen LogP contribution in [0.2, 0.25) is 0 Å². The van der Waals surface area contributed by atoms with Crippen LogP contribution >= 0.6 is 0 Å². The molecular formula is C11H13N3O4. The van der Waals surface area contributed by atoms with E-state index in [1.807, 2.05) is 0 Å². The number of primary amides is 1. The molecule has 1 heterocycles. The largest absolute Gasteiger partial charge is 0.480 e. The Hall–Kier alpha value is -2.44. The van der Waals surface area contributed by atoms with Crippen LogP contribution in [0.25, 0.3) is 0 Å². The van der Waals surface area contributed by atoms with Gasteiger partial charge in [0.25, 0.3) is 0 Å². The van der Waals surface area contributed by atoms with Gasteiger partial charge in [-0.15, -0.1) is 0 Å². The lowest BCUT2D eigenvalue weighted by atomic mass is 10.1. The molecule has 0 aliphatic rings. The first-order valence-corrected chi connectivity index (χ1v) is 5.18. The molecule has 18 heavy (non-hydrogen) atoms. The van der Waals surface area contributed by atoms with Gasteiger partial charge in [-0.1, -0.05) is 0 Å². The Morgan fingerprint density at radius 2 is 1.94 bits per heavy atom. The zero-order valence-electron chi connectivity index (χ0n) is 9.50. The summed E-state index contributed by atoms with van der Waals surface area (Å²) in [7, 11) is 0. The molecular weight excluding hydrogens is 238 g/mol. The Labute approximate surface area is 103 Å². The van der Waals surface area contributed by atoms with E-state index >= 15 is 0 Å². The molecule has 2 amide bonds. The minimum atomic E-state index is -1.29. The van der Waals surface area contributed by atoms with Crippen LogP contribution in [0, 0.1) is 0 Å². The number of nitrogens with zero attached hydrogens (tertiary/aromatic N) is 1. The quantitative estimate of drug-likeness (QED) is 0.602. The van der Waals surface area contributed by atoms with Crippen molar-refractivity contribution >= 4 is 17.8 Å². The van der Waals surface area contributed by atoms with Crippen molar-refractivity contribution < 1.29 is 19.5 Å². The average molecular weight is 251 g/mol. The summed E-state index contributed by atoms with van der Waals surface area (Å²) in [4.78, 5) is 36.8. The van der Waals surface area contributed by atoms with E-state index in [1.165, 1.54) is 12.4 Å². The molecule has 0 aliphatic carbocycles. The molecule has 0 spiro atoms. The van der Waals surface area contributed by atoms with Gasteiger partial charge in [0.05, 0.1) is 12.8 Å². The van der Waals surface area contributed by atoms with Gasteiger partial charge in [0.2, 0.25) is 11.8 Å². The lowest BCUT2D eigenvalue weighted by molar-refractivity contribution is -0.143. The van der Waals surface area contributed by atoms with Gasteiger partial charge in [0.15, 0.2) is 0 Å². The minimum Gasteiger partial charge on any atom is -0.480 e. The van der Waals surface area contributed by atoms with Crippen LogP contribution in [-0.4, -0.2) is 33.9 Å². The molecule has 1 rings (SSSR count). The predicted molar refractivity (Wildman–Crippen MR) is 61.3 cm³/mol. The maximum atomic E-state index is 11.6. The SMILES string of the molecule is NC(=O)C[C@@H](NC(=O)Cc1ccncc1)C(=O)O. The van der Waals surface area contributed by atoms with E-state index in [0.717, 1.165) is 0 Å². The molecule has 4 N–H and O–H groups in total. The van der Waals surface area contributed by atoms with E-state index in [9.17, 15) is 14.4 Å². The molecule has 0 saturated heterocycles. The number of rotatable bonds is 6. The molecule has 0 aliphatic heterocycles. The Balaban J connectivity index is 2.56. The number of aromatic nitrogens is 1. The van der Waals surface area contributed by atoms with Crippen LogP contribution in [0.15, 0.2) is 24.5 Å². The van der Waals surface area contributed by atoms with Crippen molar-refractivity contribution in [3.8, 4) is 0 Å². The van der Waals surface area contributed by atoms with Crippen molar-refractivity contribution in [2.45, 2.75) is 18.9 Å². The second kappa shape index (κ2) is 6.33. The van der Waals surface area contributed by atoms with Gasteiger partial charge < -0.3 is 16.2 Å². The van der Waals surface area contributed by atoms with Gasteiger partial charge in [0, 0.05) is 12.4 Å². The maximum absolute atomic E-state index is 11.6. The summed E-state index contributed by atoms with van der Waals surface area (Å²) in [5.74, 6) is -2.57. The van der Waals surface area contributed by atoms with Gasteiger partial charge >= 0.3 is 5.97 Å². The second-order valence-electron chi connectivity index (χ2n) is 3.66. The van der Waals surface area contributed by atoms with Crippen LogP contribution in [0.5, 0.6) is 0 Å². The number of aliphatic carboxylic acids is 1. The number of carbonyl (C=O) groups excluding carboxylic acids is 2. The molecule has 0 radical (unpaired) electrons. The van der Waals surface area contributed by atoms with E-state index in [4.69, 9.17) is 10.8 Å². The summed E-state index contributed by atoms with van der Waals surface area (Å²) in [5.41, 5.74) is 5.60. The third-order valence-electron chi connectivity index (χ3n) is 2.15. The number of hydrogen-bond donors (Lipinski definition) is 3. The van der Waals surface area contributed by atoms with Crippen molar-refractivity contribution in [1.82, 2.24) is 10.3 Å². The lowest BCUT2D eigenvalue weighted by Gasteiger charge is -2.12. The first-order valence-electron chi connectivity index (χ1n) is 5.18. The normalized spacial score (nSPS) is 11.6. The van der Waals surface area contributed by atoms with E-state index in [-0.39, 0.29) is 6.42 Å². The zero-order valence-corrected chi connectivity index (χ0v) is 9.50. The number of carbonyl (C=O) groups is 3. The van der Waals surface area contributed by atoms with Crippen LogP contribution in [0.3, 0.4) is 0 Å². The van der Waals surface area contributed by atoms with Gasteiger partial charge in [-0.3, -0.25) is 14.6 Å². The molecule has 1 aromatic rings. The fourth-order valence-corrected chi connectivity index (χ4v) is 1.33. The Morgan fingerprint density at radius 3 is 2.44 bits per heavy atom. The summed E-state index contributed by atoms with van der Waals surface area (Å²) in [6, 6.07) is 1.99. The van der Waals surface area contributed by atoms with Crippen LogP contribution in [-0.2, 0) is 20.8 Å². The monoisotopic (exact) mass is 251 g/mol. The Kier molecular flexibility index (Phi) is 4.79. The second-order valence-corrected chi connectivity index (χ2v) is 3.66. The third kappa shape index (κ3) is 4.60. The van der Waals surface area contributed by atoms with Crippen molar-refractivity contribution in [2.75, 3.05) is 0 Å². The number of carboxylic acids is 1. The molecule has 7 heteroatoms.